The molecule has 2 rings (SSSR count). The fraction of sp³-hybridized carbons (Fsp3) is 0.500. The van der Waals surface area contributed by atoms with Crippen molar-refractivity contribution in [3.63, 3.8) is 0 Å². The average Bonchev–Trinajstić information content (AvgIpc) is 2.88. The van der Waals surface area contributed by atoms with Gasteiger partial charge in [0.1, 0.15) is 5.52 Å². The molecule has 126 valence electrons. The van der Waals surface area contributed by atoms with Crippen molar-refractivity contribution < 1.29 is 14.3 Å². The highest BCUT2D eigenvalue weighted by atomic mass is 16.4. The van der Waals surface area contributed by atoms with Crippen molar-refractivity contribution in [1.82, 2.24) is 10.3 Å². The average molecular weight is 320 g/mol. The van der Waals surface area contributed by atoms with Gasteiger partial charge in [-0.05, 0) is 31.0 Å². The van der Waals surface area contributed by atoms with Crippen LogP contribution < -0.4 is 15.5 Å². The second kappa shape index (κ2) is 6.45. The van der Waals surface area contributed by atoms with E-state index in [0.29, 0.717) is 22.8 Å². The van der Waals surface area contributed by atoms with Gasteiger partial charge in [0.25, 0.3) is 6.01 Å². The zero-order chi connectivity index (χ0) is 17.2. The molecule has 0 fully saturated rings. The molecule has 0 aliphatic rings. The Morgan fingerprint density at radius 2 is 2.13 bits per heavy atom. The molecule has 0 aliphatic heterocycles. The zero-order valence-electron chi connectivity index (χ0n) is 14.2. The molecule has 1 unspecified atom stereocenters. The first kappa shape index (κ1) is 17.1. The second-order valence-electron chi connectivity index (χ2n) is 6.39. The van der Waals surface area contributed by atoms with E-state index in [1.54, 1.807) is 30.0 Å². The molecule has 7 nitrogen and oxygen atoms in total. The lowest BCUT2D eigenvalue weighted by Gasteiger charge is -2.27. The van der Waals surface area contributed by atoms with Crippen LogP contribution in [0.1, 0.15) is 20.8 Å². The smallest absolute Gasteiger partial charge is 0.319 e. The normalized spacial score (nSPS) is 13.9. The Morgan fingerprint density at radius 1 is 1.43 bits per heavy atom. The molecule has 0 saturated heterocycles. The van der Waals surface area contributed by atoms with Crippen LogP contribution in [0, 0.1) is 5.92 Å². The summed E-state index contributed by atoms with van der Waals surface area (Å²) in [5, 5.41) is 15.5. The monoisotopic (exact) mass is 320 g/mol. The maximum Gasteiger partial charge on any atom is 0.319 e. The molecule has 0 aliphatic carbocycles. The van der Waals surface area contributed by atoms with E-state index < -0.39 is 5.60 Å². The second-order valence-corrected chi connectivity index (χ2v) is 6.39. The number of urea groups is 1. The van der Waals surface area contributed by atoms with Gasteiger partial charge < -0.3 is 25.1 Å². The van der Waals surface area contributed by atoms with Gasteiger partial charge >= 0.3 is 6.03 Å². The number of carbonyl (C=O) groups is 1. The van der Waals surface area contributed by atoms with Crippen molar-refractivity contribution in [3.05, 3.63) is 18.2 Å². The van der Waals surface area contributed by atoms with Gasteiger partial charge in [0.05, 0.1) is 5.60 Å². The molecule has 3 N–H and O–H groups in total. The van der Waals surface area contributed by atoms with Crippen LogP contribution in [0.2, 0.25) is 0 Å². The Bertz CT molecular complexity index is 692. The van der Waals surface area contributed by atoms with Gasteiger partial charge in [0.2, 0.25) is 0 Å². The number of amides is 2. The summed E-state index contributed by atoms with van der Waals surface area (Å²) >= 11 is 0. The van der Waals surface area contributed by atoms with E-state index in [0.717, 1.165) is 0 Å². The van der Waals surface area contributed by atoms with Gasteiger partial charge in [-0.15, -0.1) is 0 Å². The molecule has 1 aromatic heterocycles. The number of carbonyl (C=O) groups excluding carboxylic acids is 1. The summed E-state index contributed by atoms with van der Waals surface area (Å²) in [4.78, 5) is 18.1. The molecular weight excluding hydrogens is 296 g/mol. The summed E-state index contributed by atoms with van der Waals surface area (Å²) in [5.74, 6) is 0.0405. The van der Waals surface area contributed by atoms with Crippen molar-refractivity contribution in [3.8, 4) is 0 Å². The Labute approximate surface area is 135 Å². The molecule has 2 amide bonds. The zero-order valence-corrected chi connectivity index (χ0v) is 14.2. The van der Waals surface area contributed by atoms with E-state index in [-0.39, 0.29) is 18.5 Å². The van der Waals surface area contributed by atoms with E-state index in [1.807, 2.05) is 27.9 Å². The Morgan fingerprint density at radius 3 is 2.74 bits per heavy atom. The number of oxazole rings is 1. The van der Waals surface area contributed by atoms with Crippen LogP contribution in [0.4, 0.5) is 16.5 Å². The minimum absolute atomic E-state index is 0.0405. The van der Waals surface area contributed by atoms with Gasteiger partial charge in [-0.1, -0.05) is 13.8 Å². The minimum atomic E-state index is -0.950. The highest BCUT2D eigenvalue weighted by Gasteiger charge is 2.25. The minimum Gasteiger partial charge on any atom is -0.423 e. The van der Waals surface area contributed by atoms with Gasteiger partial charge in [-0.25, -0.2) is 4.79 Å². The first-order valence-electron chi connectivity index (χ1n) is 7.54. The quantitative estimate of drug-likeness (QED) is 0.787. The summed E-state index contributed by atoms with van der Waals surface area (Å²) in [6, 6.07) is 5.38. The van der Waals surface area contributed by atoms with Crippen molar-refractivity contribution in [1.29, 1.82) is 0 Å². The van der Waals surface area contributed by atoms with Crippen LogP contribution in [0.15, 0.2) is 22.6 Å². The summed E-state index contributed by atoms with van der Waals surface area (Å²) in [7, 11) is 3.69. The number of anilines is 2. The largest absolute Gasteiger partial charge is 0.423 e. The highest BCUT2D eigenvalue weighted by molar-refractivity contribution is 5.91. The fourth-order valence-corrected chi connectivity index (χ4v) is 1.82. The number of aromatic nitrogens is 1. The van der Waals surface area contributed by atoms with E-state index in [2.05, 4.69) is 15.6 Å². The number of hydrogen-bond donors (Lipinski definition) is 3. The van der Waals surface area contributed by atoms with Crippen LogP contribution in [-0.2, 0) is 0 Å². The number of nitrogens with one attached hydrogen (secondary N) is 2. The number of aliphatic hydroxyl groups is 1. The summed E-state index contributed by atoms with van der Waals surface area (Å²) < 4.78 is 5.56. The lowest BCUT2D eigenvalue weighted by molar-refractivity contribution is 0.0170. The molecule has 23 heavy (non-hydrogen) atoms. The molecule has 7 heteroatoms. The number of fused-ring (bicyclic) bond motifs is 1. The van der Waals surface area contributed by atoms with Gasteiger partial charge in [0, 0.05) is 26.3 Å². The highest BCUT2D eigenvalue weighted by Crippen LogP contribution is 2.23. The van der Waals surface area contributed by atoms with Crippen molar-refractivity contribution in [2.45, 2.75) is 26.4 Å². The summed E-state index contributed by atoms with van der Waals surface area (Å²) in [6.07, 6.45) is 0. The molecule has 0 spiro atoms. The molecule has 0 radical (unpaired) electrons. The maximum absolute atomic E-state index is 11.9. The van der Waals surface area contributed by atoms with Crippen molar-refractivity contribution in [2.24, 2.45) is 5.92 Å². The first-order valence-corrected chi connectivity index (χ1v) is 7.54. The van der Waals surface area contributed by atoms with E-state index in [1.165, 1.54) is 0 Å². The number of hydrogen-bond acceptors (Lipinski definition) is 5. The molecule has 1 heterocycles. The third-order valence-corrected chi connectivity index (χ3v) is 3.87. The lowest BCUT2D eigenvalue weighted by Crippen LogP contribution is -2.45. The van der Waals surface area contributed by atoms with Crippen LogP contribution in [0.25, 0.3) is 11.1 Å². The SMILES string of the molecule is CC(C)C(C)(O)CNC(=O)Nc1ccc2oc(N(C)C)nc2c1. The van der Waals surface area contributed by atoms with Crippen LogP contribution in [0.3, 0.4) is 0 Å². The molecule has 0 bridgehead atoms. The fourth-order valence-electron chi connectivity index (χ4n) is 1.82. The third kappa shape index (κ3) is 4.13. The van der Waals surface area contributed by atoms with Gasteiger partial charge in [-0.3, -0.25) is 0 Å². The Kier molecular flexibility index (Phi) is 4.79. The van der Waals surface area contributed by atoms with Crippen LogP contribution >= 0.6 is 0 Å². The third-order valence-electron chi connectivity index (χ3n) is 3.87. The summed E-state index contributed by atoms with van der Waals surface area (Å²) in [6.45, 7) is 5.68. The summed E-state index contributed by atoms with van der Waals surface area (Å²) in [5.41, 5.74) is 0.981. The van der Waals surface area contributed by atoms with Gasteiger partial charge in [-0.2, -0.15) is 4.98 Å². The van der Waals surface area contributed by atoms with Crippen molar-refractivity contribution >= 4 is 28.8 Å². The predicted octanol–water partition coefficient (Wildman–Crippen LogP) is 2.42. The van der Waals surface area contributed by atoms with Gasteiger partial charge in [0.15, 0.2) is 5.58 Å². The number of benzene rings is 1. The van der Waals surface area contributed by atoms with E-state index >= 15 is 0 Å². The molecule has 1 atom stereocenters. The van der Waals surface area contributed by atoms with Crippen LogP contribution in [-0.4, -0.2) is 42.4 Å². The predicted molar refractivity (Wildman–Crippen MR) is 90.8 cm³/mol. The van der Waals surface area contributed by atoms with Crippen LogP contribution in [0.5, 0.6) is 0 Å². The Balaban J connectivity index is 2.02. The standard InChI is InChI=1S/C16H24N4O3/c1-10(2)16(3,22)9-17-14(21)18-11-6-7-13-12(8-11)19-15(23-13)20(4)5/h6-8,10,22H,9H2,1-5H3,(H2,17,18,21). The van der Waals surface area contributed by atoms with E-state index in [9.17, 15) is 9.90 Å². The topological polar surface area (TPSA) is 90.6 Å². The molecule has 0 saturated carbocycles. The number of rotatable bonds is 5. The first-order chi connectivity index (χ1) is 10.7. The Hall–Kier alpha value is -2.28. The lowest BCUT2D eigenvalue weighted by atomic mass is 9.93. The number of nitrogens with zero attached hydrogens (tertiary/aromatic N) is 2. The van der Waals surface area contributed by atoms with E-state index in [4.69, 9.17) is 4.42 Å². The molecule has 1 aromatic carbocycles. The van der Waals surface area contributed by atoms with Crippen molar-refractivity contribution in [2.75, 3.05) is 30.9 Å². The molecular formula is C16H24N4O3. The maximum atomic E-state index is 11.9. The molecule has 2 aromatic rings.